The summed E-state index contributed by atoms with van der Waals surface area (Å²) in [5, 5.41) is 1.82. The van der Waals surface area contributed by atoms with E-state index in [0.717, 1.165) is 50.5 Å². The fourth-order valence-electron chi connectivity index (χ4n) is 5.15. The van der Waals surface area contributed by atoms with Crippen molar-refractivity contribution in [3.63, 3.8) is 0 Å². The van der Waals surface area contributed by atoms with Crippen molar-refractivity contribution in [1.82, 2.24) is 19.9 Å². The fraction of sp³-hybridized carbons (Fsp3) is 0.107. The van der Waals surface area contributed by atoms with E-state index in [1.165, 1.54) is 5.56 Å². The van der Waals surface area contributed by atoms with Crippen molar-refractivity contribution in [2.45, 2.75) is 19.4 Å². The third-order valence-corrected chi connectivity index (χ3v) is 6.69. The number of benzene rings is 3. The van der Waals surface area contributed by atoms with Crippen molar-refractivity contribution in [2.24, 2.45) is 0 Å². The van der Waals surface area contributed by atoms with E-state index in [4.69, 9.17) is 9.97 Å². The molecule has 3 aromatic carbocycles. The van der Waals surface area contributed by atoms with Gasteiger partial charge in [0.2, 0.25) is 0 Å². The first-order valence-electron chi connectivity index (χ1n) is 11.3. The molecule has 4 heterocycles. The van der Waals surface area contributed by atoms with Crippen LogP contribution in [0, 0.1) is 0 Å². The normalized spacial score (nSPS) is 15.4. The molecule has 34 heavy (non-hydrogen) atoms. The summed E-state index contributed by atoms with van der Waals surface area (Å²) in [7, 11) is 0. The van der Waals surface area contributed by atoms with Crippen LogP contribution in [0.3, 0.4) is 0 Å². The fourth-order valence-corrected chi connectivity index (χ4v) is 5.15. The second-order valence-corrected chi connectivity index (χ2v) is 8.78. The molecule has 3 aromatic heterocycles. The highest BCUT2D eigenvalue weighted by molar-refractivity contribution is 6.21. The number of hydrogen-bond acceptors (Lipinski definition) is 5. The number of pyridine rings is 2. The monoisotopic (exact) mass is 441 g/mol. The SMILES string of the molecule is C[C@H]1Cc2ccccc2N1C(=O)c1ccc2nc3c4cccnc4c4ncccc4c3nc2c1. The van der Waals surface area contributed by atoms with Gasteiger partial charge in [0.15, 0.2) is 0 Å². The smallest absolute Gasteiger partial charge is 0.258 e. The molecule has 0 N–H and O–H groups in total. The highest BCUT2D eigenvalue weighted by Crippen LogP contribution is 2.34. The summed E-state index contributed by atoms with van der Waals surface area (Å²) in [5.41, 5.74) is 7.39. The molecule has 6 heteroatoms. The molecule has 6 aromatic rings. The minimum absolute atomic E-state index is 0.0181. The van der Waals surface area contributed by atoms with Crippen molar-refractivity contribution in [3.05, 3.63) is 90.3 Å². The van der Waals surface area contributed by atoms with Gasteiger partial charge in [0.25, 0.3) is 5.91 Å². The molecule has 6 nitrogen and oxygen atoms in total. The summed E-state index contributed by atoms with van der Waals surface area (Å²) < 4.78 is 0. The van der Waals surface area contributed by atoms with Gasteiger partial charge >= 0.3 is 0 Å². The Kier molecular flexibility index (Phi) is 3.94. The lowest BCUT2D eigenvalue weighted by Gasteiger charge is -2.23. The van der Waals surface area contributed by atoms with Crippen LogP contribution < -0.4 is 4.90 Å². The standard InChI is InChI=1S/C28H19N5O/c1-16-14-17-6-2-3-9-23(17)33(16)28(34)18-10-11-21-22(15-18)32-27-20-8-5-13-30-25(20)24-19(26(27)31-21)7-4-12-29-24/h2-13,15-16H,14H2,1H3/t16-/m0/s1. The molecule has 0 spiro atoms. The predicted molar refractivity (Wildman–Crippen MR) is 134 cm³/mol. The van der Waals surface area contributed by atoms with Crippen LogP contribution in [0.4, 0.5) is 5.69 Å². The molecule has 1 amide bonds. The van der Waals surface area contributed by atoms with E-state index in [-0.39, 0.29) is 11.9 Å². The van der Waals surface area contributed by atoms with E-state index < -0.39 is 0 Å². The van der Waals surface area contributed by atoms with Crippen LogP contribution in [-0.4, -0.2) is 31.9 Å². The molecule has 0 fully saturated rings. The number of para-hydroxylation sites is 1. The Balaban J connectivity index is 1.44. The van der Waals surface area contributed by atoms with Crippen molar-refractivity contribution in [2.75, 3.05) is 4.90 Å². The topological polar surface area (TPSA) is 71.9 Å². The molecule has 1 atom stereocenters. The van der Waals surface area contributed by atoms with E-state index in [1.807, 2.05) is 65.6 Å². The Morgan fingerprint density at radius 3 is 2.21 bits per heavy atom. The predicted octanol–water partition coefficient (Wildman–Crippen LogP) is 5.47. The Morgan fingerprint density at radius 1 is 0.794 bits per heavy atom. The van der Waals surface area contributed by atoms with Crippen molar-refractivity contribution < 1.29 is 4.79 Å². The van der Waals surface area contributed by atoms with Gasteiger partial charge in [-0.15, -0.1) is 0 Å². The summed E-state index contributed by atoms with van der Waals surface area (Å²) >= 11 is 0. The molecular formula is C28H19N5O. The van der Waals surface area contributed by atoms with Crippen LogP contribution in [0.2, 0.25) is 0 Å². The molecule has 162 valence electrons. The Morgan fingerprint density at radius 2 is 1.47 bits per heavy atom. The van der Waals surface area contributed by atoms with Crippen LogP contribution >= 0.6 is 0 Å². The summed E-state index contributed by atoms with van der Waals surface area (Å²) in [6.07, 6.45) is 4.40. The maximum absolute atomic E-state index is 13.6. The number of anilines is 1. The number of aromatic nitrogens is 4. The van der Waals surface area contributed by atoms with E-state index >= 15 is 0 Å². The third-order valence-electron chi connectivity index (χ3n) is 6.69. The highest BCUT2D eigenvalue weighted by atomic mass is 16.2. The van der Waals surface area contributed by atoms with E-state index in [0.29, 0.717) is 11.1 Å². The molecule has 0 unspecified atom stereocenters. The molecule has 0 bridgehead atoms. The first-order valence-corrected chi connectivity index (χ1v) is 11.3. The lowest BCUT2D eigenvalue weighted by molar-refractivity contribution is 0.0981. The Bertz CT molecular complexity index is 1800. The zero-order chi connectivity index (χ0) is 22.8. The molecular weight excluding hydrogens is 422 g/mol. The maximum Gasteiger partial charge on any atom is 0.258 e. The molecule has 0 radical (unpaired) electrons. The van der Waals surface area contributed by atoms with E-state index in [9.17, 15) is 4.79 Å². The van der Waals surface area contributed by atoms with Crippen LogP contribution in [0.5, 0.6) is 0 Å². The van der Waals surface area contributed by atoms with Gasteiger partial charge in [-0.2, -0.15) is 0 Å². The number of fused-ring (bicyclic) bond motifs is 8. The second-order valence-electron chi connectivity index (χ2n) is 8.78. The molecule has 0 aliphatic carbocycles. The number of carbonyl (C=O) groups is 1. The van der Waals surface area contributed by atoms with Crippen LogP contribution in [0.25, 0.3) is 43.9 Å². The van der Waals surface area contributed by atoms with Crippen LogP contribution in [0.1, 0.15) is 22.8 Å². The molecule has 1 aliphatic heterocycles. The summed E-state index contributed by atoms with van der Waals surface area (Å²) in [4.78, 5) is 34.5. The number of hydrogen-bond donors (Lipinski definition) is 0. The molecule has 7 rings (SSSR count). The lowest BCUT2D eigenvalue weighted by Crippen LogP contribution is -2.35. The highest BCUT2D eigenvalue weighted by Gasteiger charge is 2.31. The van der Waals surface area contributed by atoms with E-state index in [2.05, 4.69) is 23.0 Å². The number of rotatable bonds is 1. The molecule has 0 saturated carbocycles. The van der Waals surface area contributed by atoms with Gasteiger partial charge in [0, 0.05) is 40.5 Å². The summed E-state index contributed by atoms with van der Waals surface area (Å²) in [5.74, 6) is -0.0181. The zero-order valence-corrected chi connectivity index (χ0v) is 18.4. The van der Waals surface area contributed by atoms with Gasteiger partial charge in [0.1, 0.15) is 0 Å². The van der Waals surface area contributed by atoms with Gasteiger partial charge in [0.05, 0.1) is 33.1 Å². The summed E-state index contributed by atoms with van der Waals surface area (Å²) in [6.45, 7) is 2.09. The van der Waals surface area contributed by atoms with Gasteiger partial charge in [-0.05, 0) is 67.4 Å². The molecule has 1 aliphatic rings. The average molecular weight is 441 g/mol. The zero-order valence-electron chi connectivity index (χ0n) is 18.4. The second kappa shape index (κ2) is 7.02. The van der Waals surface area contributed by atoms with Crippen molar-refractivity contribution >= 4 is 55.5 Å². The Labute approximate surface area is 194 Å². The minimum Gasteiger partial charge on any atom is -0.305 e. The average Bonchev–Trinajstić information content (AvgIpc) is 3.22. The third kappa shape index (κ3) is 2.65. The lowest BCUT2D eigenvalue weighted by atomic mass is 10.1. The first kappa shape index (κ1) is 19.1. The van der Waals surface area contributed by atoms with Crippen LogP contribution in [0.15, 0.2) is 79.1 Å². The number of nitrogens with zero attached hydrogens (tertiary/aromatic N) is 5. The van der Waals surface area contributed by atoms with Crippen molar-refractivity contribution in [3.8, 4) is 0 Å². The van der Waals surface area contributed by atoms with Crippen molar-refractivity contribution in [1.29, 1.82) is 0 Å². The van der Waals surface area contributed by atoms with Crippen LogP contribution in [-0.2, 0) is 6.42 Å². The number of carbonyl (C=O) groups excluding carboxylic acids is 1. The number of amides is 1. The maximum atomic E-state index is 13.6. The quantitative estimate of drug-likeness (QED) is 0.250. The van der Waals surface area contributed by atoms with Gasteiger partial charge < -0.3 is 4.90 Å². The van der Waals surface area contributed by atoms with Gasteiger partial charge in [-0.3, -0.25) is 14.8 Å². The largest absolute Gasteiger partial charge is 0.305 e. The first-order chi connectivity index (χ1) is 16.7. The van der Waals surface area contributed by atoms with E-state index in [1.54, 1.807) is 12.4 Å². The summed E-state index contributed by atoms with van der Waals surface area (Å²) in [6, 6.07) is 21.6. The Hall–Kier alpha value is -4.45. The minimum atomic E-state index is -0.0181. The molecule has 0 saturated heterocycles. The van der Waals surface area contributed by atoms with Gasteiger partial charge in [-0.1, -0.05) is 18.2 Å². The van der Waals surface area contributed by atoms with Gasteiger partial charge in [-0.25, -0.2) is 9.97 Å².